The van der Waals surface area contributed by atoms with Gasteiger partial charge in [0.25, 0.3) is 0 Å². The molecule has 1 N–H and O–H groups in total. The van der Waals surface area contributed by atoms with Crippen LogP contribution >= 0.6 is 0 Å². The quantitative estimate of drug-likeness (QED) is 0.891. The third-order valence-corrected chi connectivity index (χ3v) is 3.85. The highest BCUT2D eigenvalue weighted by Gasteiger charge is 2.23. The average molecular weight is 250 g/mol. The van der Waals surface area contributed by atoms with Gasteiger partial charge < -0.3 is 14.6 Å². The number of methoxy groups -OCH3 is 2. The number of aliphatic hydroxyl groups excluding tert-OH is 1. The Kier molecular flexibility index (Phi) is 4.48. The van der Waals surface area contributed by atoms with Gasteiger partial charge in [-0.3, -0.25) is 0 Å². The molecule has 1 saturated carbocycles. The summed E-state index contributed by atoms with van der Waals surface area (Å²) in [7, 11) is 3.24. The Morgan fingerprint density at radius 3 is 2.33 bits per heavy atom. The molecule has 1 aliphatic rings. The van der Waals surface area contributed by atoms with E-state index in [9.17, 15) is 5.11 Å². The summed E-state index contributed by atoms with van der Waals surface area (Å²) >= 11 is 0. The summed E-state index contributed by atoms with van der Waals surface area (Å²) in [5.74, 6) is 1.78. The first-order valence-electron chi connectivity index (χ1n) is 6.66. The van der Waals surface area contributed by atoms with E-state index in [0.717, 1.165) is 18.4 Å². The van der Waals surface area contributed by atoms with Gasteiger partial charge in [-0.25, -0.2) is 0 Å². The van der Waals surface area contributed by atoms with Crippen molar-refractivity contribution < 1.29 is 14.6 Å². The number of rotatable bonds is 4. The van der Waals surface area contributed by atoms with E-state index in [4.69, 9.17) is 9.47 Å². The highest BCUT2D eigenvalue weighted by atomic mass is 16.5. The molecular weight excluding hydrogens is 228 g/mol. The molecule has 1 aromatic rings. The number of ether oxygens (including phenoxy) is 2. The van der Waals surface area contributed by atoms with Gasteiger partial charge in [0.1, 0.15) is 0 Å². The van der Waals surface area contributed by atoms with Crippen molar-refractivity contribution in [3.05, 3.63) is 23.8 Å². The van der Waals surface area contributed by atoms with Crippen molar-refractivity contribution in [2.24, 2.45) is 5.92 Å². The monoisotopic (exact) mass is 250 g/mol. The van der Waals surface area contributed by atoms with Gasteiger partial charge in [0, 0.05) is 0 Å². The molecule has 100 valence electrons. The predicted molar refractivity (Wildman–Crippen MR) is 71.1 cm³/mol. The Bertz CT molecular complexity index is 383. The molecule has 1 atom stereocenters. The molecule has 0 bridgehead atoms. The van der Waals surface area contributed by atoms with E-state index < -0.39 is 0 Å². The second kappa shape index (κ2) is 6.10. The molecule has 1 aliphatic carbocycles. The van der Waals surface area contributed by atoms with E-state index in [0.29, 0.717) is 17.4 Å². The first-order valence-corrected chi connectivity index (χ1v) is 6.66. The van der Waals surface area contributed by atoms with Gasteiger partial charge in [0.2, 0.25) is 0 Å². The van der Waals surface area contributed by atoms with Crippen LogP contribution in [0, 0.1) is 5.92 Å². The molecule has 0 aromatic heterocycles. The maximum atomic E-state index is 10.4. The summed E-state index contributed by atoms with van der Waals surface area (Å²) in [4.78, 5) is 0. The fraction of sp³-hybridized carbons (Fsp3) is 0.600. The van der Waals surface area contributed by atoms with Crippen LogP contribution in [0.2, 0.25) is 0 Å². The standard InChI is InChI=1S/C15H22O3/c1-17-13-9-8-12(10-14(13)18-2)15(16)11-6-4-3-5-7-11/h8-11,15-16H,3-7H2,1-2H3. The summed E-state index contributed by atoms with van der Waals surface area (Å²) in [6, 6.07) is 5.68. The van der Waals surface area contributed by atoms with Crippen LogP contribution < -0.4 is 9.47 Å². The van der Waals surface area contributed by atoms with Crippen LogP contribution in [-0.2, 0) is 0 Å². The van der Waals surface area contributed by atoms with Crippen molar-refractivity contribution in [1.29, 1.82) is 0 Å². The highest BCUT2D eigenvalue weighted by molar-refractivity contribution is 5.43. The largest absolute Gasteiger partial charge is 0.493 e. The molecule has 1 aromatic carbocycles. The van der Waals surface area contributed by atoms with E-state index in [2.05, 4.69) is 0 Å². The lowest BCUT2D eigenvalue weighted by Gasteiger charge is -2.27. The molecule has 2 rings (SSSR count). The summed E-state index contributed by atoms with van der Waals surface area (Å²) < 4.78 is 10.5. The summed E-state index contributed by atoms with van der Waals surface area (Å²) in [6.07, 6.45) is 5.62. The minimum absolute atomic E-state index is 0.384. The molecule has 0 saturated heterocycles. The fourth-order valence-electron chi connectivity index (χ4n) is 2.76. The first-order chi connectivity index (χ1) is 8.76. The van der Waals surface area contributed by atoms with Crippen molar-refractivity contribution in [3.8, 4) is 11.5 Å². The second-order valence-electron chi connectivity index (χ2n) is 4.96. The minimum atomic E-state index is -0.384. The summed E-state index contributed by atoms with van der Waals surface area (Å²) in [5, 5.41) is 10.4. The normalized spacial score (nSPS) is 18.4. The van der Waals surface area contributed by atoms with E-state index in [1.54, 1.807) is 14.2 Å². The Labute approximate surface area is 109 Å². The average Bonchev–Trinajstić information content (AvgIpc) is 2.46. The van der Waals surface area contributed by atoms with Crippen molar-refractivity contribution in [1.82, 2.24) is 0 Å². The van der Waals surface area contributed by atoms with Crippen molar-refractivity contribution in [3.63, 3.8) is 0 Å². The molecule has 1 unspecified atom stereocenters. The molecule has 0 spiro atoms. The van der Waals surface area contributed by atoms with Crippen LogP contribution in [0.25, 0.3) is 0 Å². The predicted octanol–water partition coefficient (Wildman–Crippen LogP) is 3.32. The maximum Gasteiger partial charge on any atom is 0.161 e. The van der Waals surface area contributed by atoms with Gasteiger partial charge in [-0.05, 0) is 36.5 Å². The van der Waals surface area contributed by atoms with Crippen LogP contribution in [0.4, 0.5) is 0 Å². The smallest absolute Gasteiger partial charge is 0.161 e. The third-order valence-electron chi connectivity index (χ3n) is 3.85. The number of aliphatic hydroxyl groups is 1. The molecule has 3 heteroatoms. The van der Waals surface area contributed by atoms with Crippen LogP contribution in [0.5, 0.6) is 11.5 Å². The molecule has 1 fully saturated rings. The number of hydrogen-bond acceptors (Lipinski definition) is 3. The summed E-state index contributed by atoms with van der Waals surface area (Å²) in [5.41, 5.74) is 0.930. The molecule has 0 heterocycles. The SMILES string of the molecule is COc1ccc(C(O)C2CCCCC2)cc1OC. The lowest BCUT2D eigenvalue weighted by Crippen LogP contribution is -2.16. The van der Waals surface area contributed by atoms with Gasteiger partial charge in [0.15, 0.2) is 11.5 Å². The Morgan fingerprint density at radius 1 is 1.06 bits per heavy atom. The van der Waals surface area contributed by atoms with Gasteiger partial charge in [-0.2, -0.15) is 0 Å². The zero-order chi connectivity index (χ0) is 13.0. The van der Waals surface area contributed by atoms with Crippen molar-refractivity contribution in [2.75, 3.05) is 14.2 Å². The van der Waals surface area contributed by atoms with E-state index in [-0.39, 0.29) is 6.10 Å². The van der Waals surface area contributed by atoms with E-state index in [1.807, 2.05) is 18.2 Å². The lowest BCUT2D eigenvalue weighted by atomic mass is 9.83. The molecule has 0 amide bonds. The van der Waals surface area contributed by atoms with Gasteiger partial charge in [0.05, 0.1) is 20.3 Å². The van der Waals surface area contributed by atoms with Gasteiger partial charge in [-0.15, -0.1) is 0 Å². The highest BCUT2D eigenvalue weighted by Crippen LogP contribution is 2.37. The van der Waals surface area contributed by atoms with Crippen LogP contribution in [-0.4, -0.2) is 19.3 Å². The minimum Gasteiger partial charge on any atom is -0.493 e. The van der Waals surface area contributed by atoms with Crippen molar-refractivity contribution >= 4 is 0 Å². The Morgan fingerprint density at radius 2 is 1.72 bits per heavy atom. The maximum absolute atomic E-state index is 10.4. The van der Waals surface area contributed by atoms with E-state index in [1.165, 1.54) is 19.3 Å². The molecular formula is C15H22O3. The number of benzene rings is 1. The Balaban J connectivity index is 2.16. The molecule has 0 radical (unpaired) electrons. The summed E-state index contributed by atoms with van der Waals surface area (Å²) in [6.45, 7) is 0. The Hall–Kier alpha value is -1.22. The number of hydrogen-bond donors (Lipinski definition) is 1. The molecule has 18 heavy (non-hydrogen) atoms. The van der Waals surface area contributed by atoms with Crippen LogP contribution in [0.3, 0.4) is 0 Å². The van der Waals surface area contributed by atoms with E-state index >= 15 is 0 Å². The van der Waals surface area contributed by atoms with Crippen molar-refractivity contribution in [2.45, 2.75) is 38.2 Å². The fourth-order valence-corrected chi connectivity index (χ4v) is 2.76. The second-order valence-corrected chi connectivity index (χ2v) is 4.96. The van der Waals surface area contributed by atoms with Gasteiger partial charge in [-0.1, -0.05) is 25.3 Å². The van der Waals surface area contributed by atoms with Crippen LogP contribution in [0.15, 0.2) is 18.2 Å². The zero-order valence-corrected chi connectivity index (χ0v) is 11.2. The lowest BCUT2D eigenvalue weighted by molar-refractivity contribution is 0.0846. The molecule has 0 aliphatic heterocycles. The third kappa shape index (κ3) is 2.78. The zero-order valence-electron chi connectivity index (χ0n) is 11.2. The topological polar surface area (TPSA) is 38.7 Å². The van der Waals surface area contributed by atoms with Crippen LogP contribution in [0.1, 0.15) is 43.8 Å². The molecule has 3 nitrogen and oxygen atoms in total. The first kappa shape index (κ1) is 13.2. The van der Waals surface area contributed by atoms with Gasteiger partial charge >= 0.3 is 0 Å².